The van der Waals surface area contributed by atoms with Gasteiger partial charge in [-0.25, -0.2) is 0 Å². The number of hydrogen-bond acceptors (Lipinski definition) is 8. The lowest BCUT2D eigenvalue weighted by atomic mass is 10.0. The van der Waals surface area contributed by atoms with Gasteiger partial charge in [-0.1, -0.05) is 12.1 Å². The van der Waals surface area contributed by atoms with Crippen LogP contribution in [-0.2, 0) is 14.2 Å². The first-order valence-electron chi connectivity index (χ1n) is 11.5. The van der Waals surface area contributed by atoms with Crippen LogP contribution >= 0.6 is 11.3 Å². The van der Waals surface area contributed by atoms with Crippen molar-refractivity contribution in [1.29, 1.82) is 0 Å². The van der Waals surface area contributed by atoms with Gasteiger partial charge in [0.05, 0.1) is 25.4 Å². The second-order valence-electron chi connectivity index (χ2n) is 9.18. The lowest BCUT2D eigenvalue weighted by Gasteiger charge is -2.40. The lowest BCUT2D eigenvalue weighted by molar-refractivity contribution is -0.156. The molecule has 3 saturated heterocycles. The molecule has 0 saturated carbocycles. The van der Waals surface area contributed by atoms with Crippen LogP contribution in [0.4, 0.5) is 5.69 Å². The normalized spacial score (nSPS) is 31.2. The maximum Gasteiger partial charge on any atom is 0.163 e. The Labute approximate surface area is 199 Å². The Morgan fingerprint density at radius 2 is 1.94 bits per heavy atom. The fourth-order valence-electron chi connectivity index (χ4n) is 4.99. The number of ether oxygens (including phenoxy) is 4. The maximum absolute atomic E-state index is 11.4. The monoisotopic (exact) mass is 472 g/mol. The van der Waals surface area contributed by atoms with Gasteiger partial charge in [0.2, 0.25) is 0 Å². The molecule has 0 spiro atoms. The molecule has 4 atom stereocenters. The molecule has 3 aliphatic heterocycles. The SMILES string of the molecule is COc1ccccc1N1CCN([C@H]2/C(=C/c3ccsc3)O[C@H]([C@H]3COC(C)(C)O3)[C@@H]2O)CC1. The van der Waals surface area contributed by atoms with Crippen molar-refractivity contribution in [1.82, 2.24) is 4.90 Å². The Bertz CT molecular complexity index is 971. The largest absolute Gasteiger partial charge is 0.495 e. The number of nitrogens with zero attached hydrogens (tertiary/aromatic N) is 2. The molecule has 3 aliphatic rings. The molecule has 178 valence electrons. The third-order valence-electron chi connectivity index (χ3n) is 6.61. The Balaban J connectivity index is 1.35. The molecule has 4 heterocycles. The van der Waals surface area contributed by atoms with Gasteiger partial charge in [-0.15, -0.1) is 0 Å². The molecule has 3 fully saturated rings. The lowest BCUT2D eigenvalue weighted by Crippen LogP contribution is -2.54. The molecular formula is C25H32N2O5S. The zero-order chi connectivity index (χ0) is 23.0. The molecule has 7 nitrogen and oxygen atoms in total. The number of aliphatic hydroxyl groups excluding tert-OH is 1. The van der Waals surface area contributed by atoms with E-state index >= 15 is 0 Å². The minimum atomic E-state index is -0.699. The summed E-state index contributed by atoms with van der Waals surface area (Å²) in [6, 6.07) is 9.96. The number of aliphatic hydroxyl groups is 1. The first-order chi connectivity index (χ1) is 15.9. The summed E-state index contributed by atoms with van der Waals surface area (Å²) in [4.78, 5) is 4.67. The summed E-state index contributed by atoms with van der Waals surface area (Å²) in [6.07, 6.45) is 0.586. The smallest absolute Gasteiger partial charge is 0.163 e. The second-order valence-corrected chi connectivity index (χ2v) is 9.96. The summed E-state index contributed by atoms with van der Waals surface area (Å²) < 4.78 is 23.7. The van der Waals surface area contributed by atoms with Gasteiger partial charge >= 0.3 is 0 Å². The summed E-state index contributed by atoms with van der Waals surface area (Å²) in [5.41, 5.74) is 2.19. The molecule has 8 heteroatoms. The van der Waals surface area contributed by atoms with Crippen molar-refractivity contribution in [2.75, 3.05) is 44.8 Å². The second kappa shape index (κ2) is 9.27. The quantitative estimate of drug-likeness (QED) is 0.717. The van der Waals surface area contributed by atoms with Crippen LogP contribution < -0.4 is 9.64 Å². The van der Waals surface area contributed by atoms with Crippen LogP contribution in [0.1, 0.15) is 19.4 Å². The first kappa shape index (κ1) is 22.7. The molecule has 0 radical (unpaired) electrons. The molecule has 0 amide bonds. The molecule has 0 aliphatic carbocycles. The Morgan fingerprint density at radius 3 is 2.61 bits per heavy atom. The van der Waals surface area contributed by atoms with Gasteiger partial charge in [0.1, 0.15) is 23.7 Å². The fraction of sp³-hybridized carbons (Fsp3) is 0.520. The van der Waals surface area contributed by atoms with E-state index in [4.69, 9.17) is 18.9 Å². The standard InChI is InChI=1S/C25H32N2O5S/c1-25(2)30-15-21(32-25)24-23(28)22(20(31-24)14-17-8-13-33-16-17)27-11-9-26(10-12-27)18-6-4-5-7-19(18)29-3/h4-8,13-14,16,21-24,28H,9-12,15H2,1-3H3/b20-14-/t21-,22+,23-,24-/m1/s1. The number of thiophene rings is 1. The Kier molecular flexibility index (Phi) is 6.37. The number of piperazine rings is 1. The van der Waals surface area contributed by atoms with Gasteiger partial charge in [0, 0.05) is 26.2 Å². The molecule has 0 unspecified atom stereocenters. The van der Waals surface area contributed by atoms with Crippen molar-refractivity contribution in [3.8, 4) is 5.75 Å². The van der Waals surface area contributed by atoms with Crippen LogP contribution in [0.3, 0.4) is 0 Å². The minimum absolute atomic E-state index is 0.220. The van der Waals surface area contributed by atoms with Crippen LogP contribution in [-0.4, -0.2) is 80.0 Å². The van der Waals surface area contributed by atoms with Crippen LogP contribution in [0.5, 0.6) is 5.75 Å². The maximum atomic E-state index is 11.4. The average molecular weight is 473 g/mol. The van der Waals surface area contributed by atoms with E-state index in [2.05, 4.69) is 33.4 Å². The number of anilines is 1. The average Bonchev–Trinajstić information content (AvgIpc) is 3.53. The predicted molar refractivity (Wildman–Crippen MR) is 129 cm³/mol. The fourth-order valence-corrected chi connectivity index (χ4v) is 5.60. The molecule has 33 heavy (non-hydrogen) atoms. The highest BCUT2D eigenvalue weighted by atomic mass is 32.1. The topological polar surface area (TPSA) is 63.6 Å². The zero-order valence-corrected chi connectivity index (χ0v) is 20.2. The van der Waals surface area contributed by atoms with Crippen LogP contribution in [0, 0.1) is 0 Å². The van der Waals surface area contributed by atoms with Gasteiger partial charge in [-0.2, -0.15) is 11.3 Å². The van der Waals surface area contributed by atoms with E-state index < -0.39 is 18.0 Å². The molecule has 1 aromatic carbocycles. The van der Waals surface area contributed by atoms with Gasteiger partial charge in [-0.05, 0) is 54.4 Å². The van der Waals surface area contributed by atoms with E-state index in [0.29, 0.717) is 6.61 Å². The van der Waals surface area contributed by atoms with Crippen molar-refractivity contribution in [2.24, 2.45) is 0 Å². The van der Waals surface area contributed by atoms with Crippen molar-refractivity contribution in [2.45, 2.75) is 44.0 Å². The van der Waals surface area contributed by atoms with Crippen molar-refractivity contribution < 1.29 is 24.1 Å². The van der Waals surface area contributed by atoms with E-state index in [-0.39, 0.29) is 12.1 Å². The van der Waals surface area contributed by atoms with Crippen LogP contribution in [0.15, 0.2) is 46.9 Å². The molecule has 1 aromatic heterocycles. The molecule has 0 bridgehead atoms. The number of benzene rings is 1. The number of methoxy groups -OCH3 is 1. The molecular weight excluding hydrogens is 440 g/mol. The van der Waals surface area contributed by atoms with E-state index in [0.717, 1.165) is 48.9 Å². The van der Waals surface area contributed by atoms with Gasteiger partial charge < -0.3 is 29.0 Å². The van der Waals surface area contributed by atoms with Gasteiger partial charge in [-0.3, -0.25) is 4.90 Å². The highest BCUT2D eigenvalue weighted by molar-refractivity contribution is 7.08. The predicted octanol–water partition coefficient (Wildman–Crippen LogP) is 3.20. The van der Waals surface area contributed by atoms with E-state index in [1.165, 1.54) is 0 Å². The number of rotatable bonds is 5. The highest BCUT2D eigenvalue weighted by Crippen LogP contribution is 2.38. The summed E-state index contributed by atoms with van der Waals surface area (Å²) in [5.74, 6) is 1.02. The summed E-state index contributed by atoms with van der Waals surface area (Å²) in [6.45, 7) is 7.51. The third-order valence-corrected chi connectivity index (χ3v) is 7.31. The molecule has 5 rings (SSSR count). The van der Waals surface area contributed by atoms with Crippen LogP contribution in [0.25, 0.3) is 6.08 Å². The third kappa shape index (κ3) is 4.63. The first-order valence-corrected chi connectivity index (χ1v) is 12.4. The number of hydrogen-bond donors (Lipinski definition) is 1. The summed E-state index contributed by atoms with van der Waals surface area (Å²) in [7, 11) is 1.71. The minimum Gasteiger partial charge on any atom is -0.495 e. The van der Waals surface area contributed by atoms with Crippen molar-refractivity contribution >= 4 is 23.1 Å². The summed E-state index contributed by atoms with van der Waals surface area (Å²) in [5, 5.41) is 15.6. The van der Waals surface area contributed by atoms with Gasteiger partial charge in [0.25, 0.3) is 0 Å². The van der Waals surface area contributed by atoms with E-state index in [1.54, 1.807) is 18.4 Å². The Hall–Kier alpha value is -2.10. The van der Waals surface area contributed by atoms with Crippen molar-refractivity contribution in [3.05, 3.63) is 52.4 Å². The molecule has 1 N–H and O–H groups in total. The van der Waals surface area contributed by atoms with Crippen molar-refractivity contribution in [3.63, 3.8) is 0 Å². The van der Waals surface area contributed by atoms with Crippen LogP contribution in [0.2, 0.25) is 0 Å². The van der Waals surface area contributed by atoms with E-state index in [1.807, 2.05) is 37.4 Å². The highest BCUT2D eigenvalue weighted by Gasteiger charge is 2.51. The van der Waals surface area contributed by atoms with Gasteiger partial charge in [0.15, 0.2) is 11.9 Å². The number of para-hydroxylation sites is 2. The molecule has 2 aromatic rings. The summed E-state index contributed by atoms with van der Waals surface area (Å²) >= 11 is 1.65. The zero-order valence-electron chi connectivity index (χ0n) is 19.3. The Morgan fingerprint density at radius 1 is 1.15 bits per heavy atom. The van der Waals surface area contributed by atoms with E-state index in [9.17, 15) is 5.11 Å².